The molecule has 1 aliphatic heterocycles. The van der Waals surface area contributed by atoms with Crippen LogP contribution in [-0.4, -0.2) is 47.1 Å². The molecule has 0 bridgehead atoms. The molecule has 24 heavy (non-hydrogen) atoms. The van der Waals surface area contributed by atoms with Crippen molar-refractivity contribution in [2.45, 2.75) is 25.4 Å². The van der Waals surface area contributed by atoms with Gasteiger partial charge in [-0.15, -0.1) is 0 Å². The Labute approximate surface area is 142 Å². The molecule has 2 aromatic rings. The summed E-state index contributed by atoms with van der Waals surface area (Å²) in [6.07, 6.45) is 5.50. The number of nitrogens with zero attached hydrogens (tertiary/aromatic N) is 4. The van der Waals surface area contributed by atoms with Crippen LogP contribution in [0, 0.1) is 0 Å². The van der Waals surface area contributed by atoms with Crippen LogP contribution in [0.25, 0.3) is 0 Å². The Morgan fingerprint density at radius 3 is 2.75 bits per heavy atom. The number of urea groups is 1. The van der Waals surface area contributed by atoms with Gasteiger partial charge in [-0.3, -0.25) is 0 Å². The van der Waals surface area contributed by atoms with Crippen LogP contribution in [0.4, 0.5) is 10.7 Å². The summed E-state index contributed by atoms with van der Waals surface area (Å²) in [4.78, 5) is 24.9. The molecule has 1 N–H and O–H groups in total. The van der Waals surface area contributed by atoms with E-state index < -0.39 is 0 Å². The van der Waals surface area contributed by atoms with Crippen molar-refractivity contribution in [1.29, 1.82) is 0 Å². The molecule has 1 atom stereocenters. The zero-order chi connectivity index (χ0) is 16.8. The average molecular weight is 325 g/mol. The second-order valence-corrected chi connectivity index (χ2v) is 6.13. The number of nitrogens with one attached hydrogen (secondary N) is 1. The van der Waals surface area contributed by atoms with Crippen LogP contribution in [-0.2, 0) is 6.54 Å². The summed E-state index contributed by atoms with van der Waals surface area (Å²) in [5.74, 6) is 0.731. The third-order valence-electron chi connectivity index (χ3n) is 4.19. The first kappa shape index (κ1) is 16.2. The lowest BCUT2D eigenvalue weighted by molar-refractivity contribution is 0.201. The number of aromatic nitrogens is 2. The molecule has 1 fully saturated rings. The maximum atomic E-state index is 12.4. The van der Waals surface area contributed by atoms with Crippen LogP contribution in [0.15, 0.2) is 48.8 Å². The average Bonchev–Trinajstić information content (AvgIpc) is 2.63. The minimum Gasteiger partial charge on any atom is -0.339 e. The van der Waals surface area contributed by atoms with Crippen LogP contribution < -0.4 is 10.2 Å². The fourth-order valence-corrected chi connectivity index (χ4v) is 2.95. The fourth-order valence-electron chi connectivity index (χ4n) is 2.95. The highest BCUT2D eigenvalue weighted by molar-refractivity contribution is 5.74. The first-order valence-corrected chi connectivity index (χ1v) is 8.30. The van der Waals surface area contributed by atoms with Crippen molar-refractivity contribution in [3.8, 4) is 0 Å². The molecule has 126 valence electrons. The lowest BCUT2D eigenvalue weighted by atomic mass is 10.1. The molecule has 1 aromatic carbocycles. The van der Waals surface area contributed by atoms with E-state index in [1.807, 2.05) is 43.4 Å². The third kappa shape index (κ3) is 4.22. The molecule has 3 rings (SSSR count). The Bertz CT molecular complexity index is 649. The summed E-state index contributed by atoms with van der Waals surface area (Å²) in [5, 5.41) is 3.13. The summed E-state index contributed by atoms with van der Waals surface area (Å²) >= 11 is 0. The first-order chi connectivity index (χ1) is 11.7. The summed E-state index contributed by atoms with van der Waals surface area (Å²) in [7, 11) is 1.82. The molecule has 0 saturated carbocycles. The maximum absolute atomic E-state index is 12.4. The molecule has 0 aliphatic carbocycles. The zero-order valence-corrected chi connectivity index (χ0v) is 13.9. The zero-order valence-electron chi connectivity index (χ0n) is 13.9. The van der Waals surface area contributed by atoms with Crippen molar-refractivity contribution in [3.05, 3.63) is 54.4 Å². The number of anilines is 1. The van der Waals surface area contributed by atoms with Crippen molar-refractivity contribution in [2.24, 2.45) is 0 Å². The minimum absolute atomic E-state index is 0.0420. The fraction of sp³-hybridized carbons (Fsp3) is 0.389. The predicted molar refractivity (Wildman–Crippen MR) is 93.7 cm³/mol. The number of hydrogen-bond donors (Lipinski definition) is 1. The summed E-state index contributed by atoms with van der Waals surface area (Å²) in [6, 6.07) is 11.9. The van der Waals surface area contributed by atoms with E-state index in [4.69, 9.17) is 0 Å². The second-order valence-electron chi connectivity index (χ2n) is 6.13. The largest absolute Gasteiger partial charge is 0.339 e. The molecule has 2 amide bonds. The van der Waals surface area contributed by atoms with E-state index in [1.165, 1.54) is 0 Å². The molecule has 1 saturated heterocycles. The van der Waals surface area contributed by atoms with Gasteiger partial charge in [-0.05, 0) is 24.5 Å². The van der Waals surface area contributed by atoms with Gasteiger partial charge in [0.15, 0.2) is 0 Å². The number of benzene rings is 1. The molecular formula is C18H23N5O. The SMILES string of the molecule is CN(Cc1ccccc1)C(=O)NC1CCCN(c2ncccn2)C1. The summed E-state index contributed by atoms with van der Waals surface area (Å²) < 4.78 is 0. The molecule has 0 radical (unpaired) electrons. The van der Waals surface area contributed by atoms with Gasteiger partial charge in [-0.1, -0.05) is 30.3 Å². The number of amides is 2. The van der Waals surface area contributed by atoms with Gasteiger partial charge >= 0.3 is 6.03 Å². The normalized spacial score (nSPS) is 17.4. The van der Waals surface area contributed by atoms with Gasteiger partial charge in [-0.25, -0.2) is 14.8 Å². The predicted octanol–water partition coefficient (Wildman–Crippen LogP) is 2.29. The molecule has 6 nitrogen and oxygen atoms in total. The van der Waals surface area contributed by atoms with E-state index in [2.05, 4.69) is 20.2 Å². The molecule has 2 heterocycles. The van der Waals surface area contributed by atoms with Gasteiger partial charge in [0.2, 0.25) is 5.95 Å². The quantitative estimate of drug-likeness (QED) is 0.937. The van der Waals surface area contributed by atoms with Gasteiger partial charge in [-0.2, -0.15) is 0 Å². The number of piperidine rings is 1. The second kappa shape index (κ2) is 7.77. The van der Waals surface area contributed by atoms with E-state index in [0.29, 0.717) is 6.54 Å². The monoisotopic (exact) mass is 325 g/mol. The first-order valence-electron chi connectivity index (χ1n) is 8.30. The highest BCUT2D eigenvalue weighted by atomic mass is 16.2. The Balaban J connectivity index is 1.54. The van der Waals surface area contributed by atoms with Crippen LogP contribution >= 0.6 is 0 Å². The van der Waals surface area contributed by atoms with Gasteiger partial charge in [0, 0.05) is 45.1 Å². The maximum Gasteiger partial charge on any atom is 0.317 e. The third-order valence-corrected chi connectivity index (χ3v) is 4.19. The van der Waals surface area contributed by atoms with Crippen molar-refractivity contribution in [3.63, 3.8) is 0 Å². The minimum atomic E-state index is -0.0420. The number of carbonyl (C=O) groups excluding carboxylic acids is 1. The van der Waals surface area contributed by atoms with Crippen molar-refractivity contribution in [1.82, 2.24) is 20.2 Å². The van der Waals surface area contributed by atoms with E-state index in [1.54, 1.807) is 17.3 Å². The number of rotatable bonds is 4. The lowest BCUT2D eigenvalue weighted by Gasteiger charge is -2.34. The molecule has 1 unspecified atom stereocenters. The van der Waals surface area contributed by atoms with Crippen LogP contribution in [0.1, 0.15) is 18.4 Å². The summed E-state index contributed by atoms with van der Waals surface area (Å²) in [5.41, 5.74) is 1.12. The van der Waals surface area contributed by atoms with E-state index in [-0.39, 0.29) is 12.1 Å². The van der Waals surface area contributed by atoms with E-state index in [0.717, 1.165) is 37.4 Å². The Morgan fingerprint density at radius 1 is 1.25 bits per heavy atom. The van der Waals surface area contributed by atoms with Crippen LogP contribution in [0.2, 0.25) is 0 Å². The lowest BCUT2D eigenvalue weighted by Crippen LogP contribution is -2.51. The highest BCUT2D eigenvalue weighted by Crippen LogP contribution is 2.15. The van der Waals surface area contributed by atoms with Gasteiger partial charge in [0.25, 0.3) is 0 Å². The smallest absolute Gasteiger partial charge is 0.317 e. The Hall–Kier alpha value is -2.63. The van der Waals surface area contributed by atoms with Gasteiger partial charge < -0.3 is 15.1 Å². The van der Waals surface area contributed by atoms with Crippen LogP contribution in [0.3, 0.4) is 0 Å². The van der Waals surface area contributed by atoms with E-state index >= 15 is 0 Å². The number of hydrogen-bond acceptors (Lipinski definition) is 4. The Morgan fingerprint density at radius 2 is 2.00 bits per heavy atom. The van der Waals surface area contributed by atoms with Gasteiger partial charge in [0.05, 0.1) is 0 Å². The summed E-state index contributed by atoms with van der Waals surface area (Å²) in [6.45, 7) is 2.27. The van der Waals surface area contributed by atoms with Crippen molar-refractivity contribution in [2.75, 3.05) is 25.0 Å². The molecule has 1 aliphatic rings. The standard InChI is InChI=1S/C18H23N5O/c1-22(13-15-7-3-2-4-8-15)18(24)21-16-9-5-12-23(14-16)17-19-10-6-11-20-17/h2-4,6-8,10-11,16H,5,9,12-14H2,1H3,(H,21,24). The van der Waals surface area contributed by atoms with Crippen molar-refractivity contribution >= 4 is 12.0 Å². The van der Waals surface area contributed by atoms with Crippen molar-refractivity contribution < 1.29 is 4.79 Å². The highest BCUT2D eigenvalue weighted by Gasteiger charge is 2.23. The molecule has 1 aromatic heterocycles. The van der Waals surface area contributed by atoms with E-state index in [9.17, 15) is 4.79 Å². The molecule has 6 heteroatoms. The topological polar surface area (TPSA) is 61.4 Å². The van der Waals surface area contributed by atoms with Crippen LogP contribution in [0.5, 0.6) is 0 Å². The Kier molecular flexibility index (Phi) is 5.25. The molecular weight excluding hydrogens is 302 g/mol. The van der Waals surface area contributed by atoms with Gasteiger partial charge in [0.1, 0.15) is 0 Å². The molecule has 0 spiro atoms. The number of carbonyl (C=O) groups is 1.